The lowest BCUT2D eigenvalue weighted by molar-refractivity contribution is -0.165. The normalized spacial score (nSPS) is 22.5. The fraction of sp³-hybridized carbons (Fsp3) is 0.250. The van der Waals surface area contributed by atoms with Gasteiger partial charge in [0.2, 0.25) is 0 Å². The molecule has 0 spiro atoms. The van der Waals surface area contributed by atoms with Crippen molar-refractivity contribution in [3.63, 3.8) is 0 Å². The summed E-state index contributed by atoms with van der Waals surface area (Å²) in [6, 6.07) is 35.8. The van der Waals surface area contributed by atoms with Crippen LogP contribution in [0, 0.1) is 18.8 Å². The zero-order chi connectivity index (χ0) is 30.2. The molecule has 5 rings (SSSR count). The van der Waals surface area contributed by atoms with Crippen molar-refractivity contribution in [3.8, 4) is 0 Å². The number of hydrazone groups is 1. The van der Waals surface area contributed by atoms with Gasteiger partial charge < -0.3 is 14.6 Å². The highest BCUT2D eigenvalue weighted by Gasteiger charge is 2.56. The van der Waals surface area contributed by atoms with E-state index >= 15 is 0 Å². The van der Waals surface area contributed by atoms with Crippen LogP contribution in [0.3, 0.4) is 0 Å². The molecule has 1 fully saturated rings. The smallest absolute Gasteiger partial charge is 0.315 e. The van der Waals surface area contributed by atoms with E-state index in [1.54, 1.807) is 6.92 Å². The number of carbonyl (C=O) groups excluding carboxylic acids is 2. The van der Waals surface area contributed by atoms with Gasteiger partial charge in [-0.05, 0) is 42.7 Å². The van der Waals surface area contributed by atoms with Gasteiger partial charge in [0, 0.05) is 12.3 Å². The highest BCUT2D eigenvalue weighted by molar-refractivity contribution is 6.06. The van der Waals surface area contributed by atoms with Crippen molar-refractivity contribution in [3.05, 3.63) is 138 Å². The largest absolute Gasteiger partial charge is 0.461 e. The lowest BCUT2D eigenvalue weighted by Gasteiger charge is -2.45. The number of rotatable bonds is 9. The minimum absolute atomic E-state index is 0.0363. The summed E-state index contributed by atoms with van der Waals surface area (Å²) in [6.07, 6.45) is -0.0363. The Bertz CT molecular complexity index is 1540. The van der Waals surface area contributed by atoms with E-state index in [9.17, 15) is 14.7 Å². The van der Waals surface area contributed by atoms with Crippen LogP contribution in [-0.2, 0) is 32.3 Å². The van der Waals surface area contributed by atoms with Crippen molar-refractivity contribution in [2.24, 2.45) is 16.9 Å². The van der Waals surface area contributed by atoms with Crippen LogP contribution in [0.1, 0.15) is 41.5 Å². The number of esters is 2. The first-order chi connectivity index (χ1) is 20.8. The fourth-order valence-corrected chi connectivity index (χ4v) is 5.62. The van der Waals surface area contributed by atoms with Crippen molar-refractivity contribution in [2.75, 3.05) is 5.43 Å². The van der Waals surface area contributed by atoms with Crippen molar-refractivity contribution < 1.29 is 24.2 Å². The highest BCUT2D eigenvalue weighted by atomic mass is 16.5. The van der Waals surface area contributed by atoms with Crippen molar-refractivity contribution in [1.82, 2.24) is 0 Å². The molecule has 7 heteroatoms. The van der Waals surface area contributed by atoms with Crippen LogP contribution in [0.15, 0.2) is 120 Å². The number of anilines is 1. The molecule has 1 aliphatic rings. The first-order valence-corrected chi connectivity index (χ1v) is 14.4. The number of benzene rings is 4. The van der Waals surface area contributed by atoms with Gasteiger partial charge in [0.1, 0.15) is 19.1 Å². The number of hydrogen-bond donors (Lipinski definition) is 2. The standard InChI is InChI=1S/C36H36N2O5/c1-25-18-20-28(21-19-25)31-32(34(39)42-23-26-12-6-3-7-13-26)30(38-37-29-16-10-5-11-17-29)22-36(2,41)33(31)35(40)43-24-27-14-8-4-9-15-27/h3-21,31-33,37,41H,22-24H2,1-2H3/b38-30-/t31-,32+,33-,36+/m0/s1. The molecule has 2 N–H and O–H groups in total. The number of ether oxygens (including phenoxy) is 2. The second kappa shape index (κ2) is 13.5. The van der Waals surface area contributed by atoms with Gasteiger partial charge in [-0.2, -0.15) is 5.10 Å². The van der Waals surface area contributed by atoms with Crippen LogP contribution in [0.25, 0.3) is 0 Å². The highest BCUT2D eigenvalue weighted by Crippen LogP contribution is 2.47. The molecule has 0 amide bonds. The van der Waals surface area contributed by atoms with E-state index in [2.05, 4.69) is 10.5 Å². The minimum atomic E-state index is -1.57. The van der Waals surface area contributed by atoms with E-state index in [4.69, 9.17) is 9.47 Å². The Morgan fingerprint density at radius 2 is 1.30 bits per heavy atom. The Morgan fingerprint density at radius 3 is 1.86 bits per heavy atom. The van der Waals surface area contributed by atoms with Crippen molar-refractivity contribution >= 4 is 23.3 Å². The Balaban J connectivity index is 1.54. The quantitative estimate of drug-likeness (QED) is 0.176. The molecule has 4 aromatic carbocycles. The van der Waals surface area contributed by atoms with Gasteiger partial charge in [-0.25, -0.2) is 0 Å². The summed E-state index contributed by atoms with van der Waals surface area (Å²) in [4.78, 5) is 27.9. The topological polar surface area (TPSA) is 97.2 Å². The summed E-state index contributed by atoms with van der Waals surface area (Å²) in [5.41, 5.74) is 5.98. The Hall–Kier alpha value is -4.75. The van der Waals surface area contributed by atoms with E-state index < -0.39 is 35.3 Å². The number of aryl methyl sites for hydroxylation is 1. The molecule has 7 nitrogen and oxygen atoms in total. The lowest BCUT2D eigenvalue weighted by atomic mass is 9.61. The molecule has 1 aliphatic carbocycles. The van der Waals surface area contributed by atoms with Crippen molar-refractivity contribution in [2.45, 2.75) is 45.0 Å². The second-order valence-corrected chi connectivity index (χ2v) is 11.2. The van der Waals surface area contributed by atoms with E-state index in [0.717, 1.165) is 22.4 Å². The average molecular weight is 577 g/mol. The van der Waals surface area contributed by atoms with Gasteiger partial charge in [-0.1, -0.05) is 109 Å². The number of aliphatic hydroxyl groups is 1. The summed E-state index contributed by atoms with van der Waals surface area (Å²) < 4.78 is 11.7. The molecule has 0 saturated heterocycles. The lowest BCUT2D eigenvalue weighted by Crippen LogP contribution is -2.55. The van der Waals surface area contributed by atoms with E-state index in [1.165, 1.54) is 0 Å². The molecule has 0 bridgehead atoms. The number of nitrogens with zero attached hydrogens (tertiary/aromatic N) is 1. The first-order valence-electron chi connectivity index (χ1n) is 14.4. The minimum Gasteiger partial charge on any atom is -0.461 e. The van der Waals surface area contributed by atoms with Crippen molar-refractivity contribution in [1.29, 1.82) is 0 Å². The third-order valence-electron chi connectivity index (χ3n) is 7.81. The number of hydrogen-bond acceptors (Lipinski definition) is 7. The zero-order valence-corrected chi connectivity index (χ0v) is 24.4. The van der Waals surface area contributed by atoms with Gasteiger partial charge in [0.15, 0.2) is 0 Å². The van der Waals surface area contributed by atoms with Gasteiger partial charge in [0.05, 0.1) is 22.9 Å². The summed E-state index contributed by atoms with van der Waals surface area (Å²) in [5, 5.41) is 16.5. The molecule has 0 radical (unpaired) electrons. The molecule has 0 unspecified atom stereocenters. The monoisotopic (exact) mass is 576 g/mol. The van der Waals surface area contributed by atoms with E-state index in [1.807, 2.05) is 122 Å². The molecule has 4 atom stereocenters. The SMILES string of the molecule is Cc1ccc([C@H]2[C@H](C(=O)OCc3ccccc3)/C(=N\Nc3ccccc3)C[C@@](C)(O)[C@@H]2C(=O)OCc2ccccc2)cc1. The van der Waals surface area contributed by atoms with Crippen LogP contribution >= 0.6 is 0 Å². The van der Waals surface area contributed by atoms with Crippen LogP contribution in [-0.4, -0.2) is 28.4 Å². The predicted octanol–water partition coefficient (Wildman–Crippen LogP) is 6.42. The average Bonchev–Trinajstić information content (AvgIpc) is 3.02. The fourth-order valence-electron chi connectivity index (χ4n) is 5.62. The Kier molecular flexibility index (Phi) is 9.32. The molecule has 0 aliphatic heterocycles. The summed E-state index contributed by atoms with van der Waals surface area (Å²) >= 11 is 0. The molecular formula is C36H36N2O5. The maximum absolute atomic E-state index is 14.0. The molecule has 43 heavy (non-hydrogen) atoms. The Morgan fingerprint density at radius 1 is 0.791 bits per heavy atom. The van der Waals surface area contributed by atoms with Crippen LogP contribution in [0.4, 0.5) is 5.69 Å². The molecule has 1 saturated carbocycles. The second-order valence-electron chi connectivity index (χ2n) is 11.2. The van der Waals surface area contributed by atoms with Gasteiger partial charge in [-0.15, -0.1) is 0 Å². The van der Waals surface area contributed by atoms with E-state index in [-0.39, 0.29) is 19.6 Å². The molecule has 0 heterocycles. The van der Waals surface area contributed by atoms with Gasteiger partial charge in [-0.3, -0.25) is 15.0 Å². The van der Waals surface area contributed by atoms with Crippen LogP contribution in [0.5, 0.6) is 0 Å². The third kappa shape index (κ3) is 7.37. The molecule has 4 aromatic rings. The summed E-state index contributed by atoms with van der Waals surface area (Å²) in [7, 11) is 0. The van der Waals surface area contributed by atoms with Crippen LogP contribution < -0.4 is 5.43 Å². The molecular weight excluding hydrogens is 540 g/mol. The summed E-state index contributed by atoms with van der Waals surface area (Å²) in [5.74, 6) is -3.94. The number of para-hydroxylation sites is 1. The number of carbonyl (C=O) groups is 2. The van der Waals surface area contributed by atoms with Gasteiger partial charge in [0.25, 0.3) is 0 Å². The first kappa shape index (κ1) is 29.7. The summed E-state index contributed by atoms with van der Waals surface area (Å²) in [6.45, 7) is 3.68. The number of nitrogens with one attached hydrogen (secondary N) is 1. The van der Waals surface area contributed by atoms with Crippen LogP contribution in [0.2, 0.25) is 0 Å². The maximum Gasteiger partial charge on any atom is 0.315 e. The van der Waals surface area contributed by atoms with Gasteiger partial charge >= 0.3 is 11.9 Å². The predicted molar refractivity (Wildman–Crippen MR) is 166 cm³/mol. The molecule has 0 aromatic heterocycles. The third-order valence-corrected chi connectivity index (χ3v) is 7.81. The van der Waals surface area contributed by atoms with E-state index in [0.29, 0.717) is 11.3 Å². The molecule has 220 valence electrons. The maximum atomic E-state index is 14.0. The zero-order valence-electron chi connectivity index (χ0n) is 24.4. The Labute approximate surface area is 252 Å².